The summed E-state index contributed by atoms with van der Waals surface area (Å²) in [6, 6.07) is 15.6. The van der Waals surface area contributed by atoms with Crippen LogP contribution in [0.25, 0.3) is 10.9 Å². The maximum absolute atomic E-state index is 12.3. The minimum Gasteiger partial charge on any atom is -0.331 e. The molecule has 0 fully saturated rings. The number of rotatable bonds is 5. The van der Waals surface area contributed by atoms with Crippen molar-refractivity contribution in [3.05, 3.63) is 78.0 Å². The van der Waals surface area contributed by atoms with Crippen molar-refractivity contribution < 1.29 is 4.79 Å². The second-order valence-corrected chi connectivity index (χ2v) is 6.24. The molecule has 4 rings (SSSR count). The van der Waals surface area contributed by atoms with E-state index in [2.05, 4.69) is 25.1 Å². The highest BCUT2D eigenvalue weighted by atomic mass is 16.1. The number of fused-ring (bicyclic) bond motifs is 1. The number of hydrogen-bond donors (Lipinski definition) is 2. The van der Waals surface area contributed by atoms with Crippen LogP contribution >= 0.6 is 0 Å². The lowest BCUT2D eigenvalue weighted by Gasteiger charge is -2.08. The molecule has 0 saturated carbocycles. The molecule has 2 heterocycles. The van der Waals surface area contributed by atoms with E-state index >= 15 is 0 Å². The van der Waals surface area contributed by atoms with Gasteiger partial charge in [-0.3, -0.25) is 9.89 Å². The SMILES string of the molecule is Cc1nccn1Cc1ccc(NC(=O)Cc2[nH]nc3ccccc23)cc1. The summed E-state index contributed by atoms with van der Waals surface area (Å²) >= 11 is 0. The van der Waals surface area contributed by atoms with E-state index in [4.69, 9.17) is 0 Å². The van der Waals surface area contributed by atoms with Crippen molar-refractivity contribution in [1.29, 1.82) is 0 Å². The van der Waals surface area contributed by atoms with E-state index in [9.17, 15) is 4.79 Å². The number of aromatic amines is 1. The van der Waals surface area contributed by atoms with Crippen molar-refractivity contribution in [3.8, 4) is 0 Å². The zero-order chi connectivity index (χ0) is 17.9. The van der Waals surface area contributed by atoms with Gasteiger partial charge in [0.15, 0.2) is 0 Å². The average Bonchev–Trinajstić information content (AvgIpc) is 3.23. The van der Waals surface area contributed by atoms with Gasteiger partial charge in [0.1, 0.15) is 5.82 Å². The number of nitrogens with one attached hydrogen (secondary N) is 2. The smallest absolute Gasteiger partial charge is 0.230 e. The molecule has 130 valence electrons. The van der Waals surface area contributed by atoms with Crippen molar-refractivity contribution in [2.75, 3.05) is 5.32 Å². The fourth-order valence-corrected chi connectivity index (χ4v) is 2.98. The molecule has 6 nitrogen and oxygen atoms in total. The standard InChI is InChI=1S/C20H19N5O/c1-14-21-10-11-25(14)13-15-6-8-16(9-7-15)22-20(26)12-19-17-4-2-3-5-18(17)23-24-19/h2-11H,12-13H2,1H3,(H,22,26)(H,23,24). The van der Waals surface area contributed by atoms with E-state index in [1.165, 1.54) is 0 Å². The highest BCUT2D eigenvalue weighted by molar-refractivity contribution is 5.94. The van der Waals surface area contributed by atoms with Crippen molar-refractivity contribution in [3.63, 3.8) is 0 Å². The van der Waals surface area contributed by atoms with Crippen LogP contribution in [0, 0.1) is 6.92 Å². The summed E-state index contributed by atoms with van der Waals surface area (Å²) in [4.78, 5) is 16.6. The predicted molar refractivity (Wildman–Crippen MR) is 101 cm³/mol. The Morgan fingerprint density at radius 3 is 2.73 bits per heavy atom. The molecule has 2 N–H and O–H groups in total. The Morgan fingerprint density at radius 2 is 1.96 bits per heavy atom. The Morgan fingerprint density at radius 1 is 1.15 bits per heavy atom. The predicted octanol–water partition coefficient (Wildman–Crippen LogP) is 3.30. The second kappa shape index (κ2) is 6.84. The van der Waals surface area contributed by atoms with E-state index in [1.807, 2.05) is 61.7 Å². The summed E-state index contributed by atoms with van der Waals surface area (Å²) in [6.07, 6.45) is 4.01. The van der Waals surface area contributed by atoms with Crippen LogP contribution in [0.4, 0.5) is 5.69 Å². The number of benzene rings is 2. The number of carbonyl (C=O) groups is 1. The molecule has 0 spiro atoms. The Labute approximate surface area is 150 Å². The number of hydrogen-bond acceptors (Lipinski definition) is 3. The largest absolute Gasteiger partial charge is 0.331 e. The van der Waals surface area contributed by atoms with Crippen LogP contribution in [-0.4, -0.2) is 25.7 Å². The third kappa shape index (κ3) is 3.35. The van der Waals surface area contributed by atoms with Crippen LogP contribution < -0.4 is 5.32 Å². The van der Waals surface area contributed by atoms with Gasteiger partial charge in [0.05, 0.1) is 17.6 Å². The van der Waals surface area contributed by atoms with Crippen LogP contribution in [0.15, 0.2) is 60.9 Å². The van der Waals surface area contributed by atoms with E-state index in [0.717, 1.165) is 40.2 Å². The fourth-order valence-electron chi connectivity index (χ4n) is 2.98. The number of aromatic nitrogens is 4. The molecule has 0 aliphatic carbocycles. The first-order chi connectivity index (χ1) is 12.7. The molecule has 2 aromatic heterocycles. The van der Waals surface area contributed by atoms with Gasteiger partial charge >= 0.3 is 0 Å². The molecule has 0 atom stereocenters. The van der Waals surface area contributed by atoms with Crippen molar-refractivity contribution in [1.82, 2.24) is 19.7 Å². The molecule has 0 bridgehead atoms. The molecule has 1 amide bonds. The maximum Gasteiger partial charge on any atom is 0.230 e. The zero-order valence-electron chi connectivity index (χ0n) is 14.4. The van der Waals surface area contributed by atoms with Crippen LogP contribution in [0.2, 0.25) is 0 Å². The molecular formula is C20H19N5O. The van der Waals surface area contributed by atoms with Crippen LogP contribution in [-0.2, 0) is 17.8 Å². The van der Waals surface area contributed by atoms with Crippen LogP contribution in [0.1, 0.15) is 17.1 Å². The number of para-hydroxylation sites is 1. The third-order valence-electron chi connectivity index (χ3n) is 4.39. The van der Waals surface area contributed by atoms with E-state index in [0.29, 0.717) is 0 Å². The molecule has 0 saturated heterocycles. The Kier molecular flexibility index (Phi) is 4.23. The van der Waals surface area contributed by atoms with Gasteiger partial charge in [-0.2, -0.15) is 5.10 Å². The van der Waals surface area contributed by atoms with Gasteiger partial charge in [0, 0.05) is 30.0 Å². The number of aryl methyl sites for hydroxylation is 1. The Hall–Kier alpha value is -3.41. The molecule has 0 radical (unpaired) electrons. The van der Waals surface area contributed by atoms with Gasteiger partial charge in [-0.1, -0.05) is 30.3 Å². The summed E-state index contributed by atoms with van der Waals surface area (Å²) in [6.45, 7) is 2.74. The quantitative estimate of drug-likeness (QED) is 0.583. The average molecular weight is 345 g/mol. The van der Waals surface area contributed by atoms with Gasteiger partial charge in [-0.25, -0.2) is 4.98 Å². The molecule has 4 aromatic rings. The molecule has 2 aromatic carbocycles. The normalized spacial score (nSPS) is 11.0. The summed E-state index contributed by atoms with van der Waals surface area (Å²) in [7, 11) is 0. The first-order valence-electron chi connectivity index (χ1n) is 8.47. The Bertz CT molecular complexity index is 1050. The Balaban J connectivity index is 1.40. The third-order valence-corrected chi connectivity index (χ3v) is 4.39. The molecule has 0 unspecified atom stereocenters. The number of H-pyrrole nitrogens is 1. The minimum absolute atomic E-state index is 0.0717. The molecular weight excluding hydrogens is 326 g/mol. The summed E-state index contributed by atoms with van der Waals surface area (Å²) in [5.74, 6) is 0.909. The van der Waals surface area contributed by atoms with Gasteiger partial charge in [-0.05, 0) is 30.7 Å². The number of imidazole rings is 1. The number of carbonyl (C=O) groups excluding carboxylic acids is 1. The number of nitrogens with zero attached hydrogens (tertiary/aromatic N) is 3. The van der Waals surface area contributed by atoms with Crippen molar-refractivity contribution >= 4 is 22.5 Å². The lowest BCUT2D eigenvalue weighted by Crippen LogP contribution is -2.14. The van der Waals surface area contributed by atoms with E-state index in [1.54, 1.807) is 6.20 Å². The minimum atomic E-state index is -0.0717. The van der Waals surface area contributed by atoms with Crippen molar-refractivity contribution in [2.24, 2.45) is 0 Å². The first kappa shape index (κ1) is 16.1. The summed E-state index contributed by atoms with van der Waals surface area (Å²) in [5, 5.41) is 11.1. The molecule has 0 aliphatic heterocycles. The molecule has 26 heavy (non-hydrogen) atoms. The van der Waals surface area contributed by atoms with Crippen LogP contribution in [0.3, 0.4) is 0 Å². The topological polar surface area (TPSA) is 75.6 Å². The highest BCUT2D eigenvalue weighted by Crippen LogP contribution is 2.17. The monoisotopic (exact) mass is 345 g/mol. The first-order valence-corrected chi connectivity index (χ1v) is 8.47. The number of amides is 1. The maximum atomic E-state index is 12.3. The number of anilines is 1. The van der Waals surface area contributed by atoms with E-state index in [-0.39, 0.29) is 12.3 Å². The van der Waals surface area contributed by atoms with E-state index < -0.39 is 0 Å². The highest BCUT2D eigenvalue weighted by Gasteiger charge is 2.10. The molecule has 0 aliphatic rings. The lowest BCUT2D eigenvalue weighted by molar-refractivity contribution is -0.115. The van der Waals surface area contributed by atoms with Gasteiger partial charge in [0.2, 0.25) is 5.91 Å². The van der Waals surface area contributed by atoms with Gasteiger partial charge < -0.3 is 9.88 Å². The van der Waals surface area contributed by atoms with Crippen molar-refractivity contribution in [2.45, 2.75) is 19.9 Å². The zero-order valence-corrected chi connectivity index (χ0v) is 14.4. The van der Waals surface area contributed by atoms with Gasteiger partial charge in [0.25, 0.3) is 0 Å². The fraction of sp³-hybridized carbons (Fsp3) is 0.150. The van der Waals surface area contributed by atoms with Gasteiger partial charge in [-0.15, -0.1) is 0 Å². The second-order valence-electron chi connectivity index (χ2n) is 6.24. The lowest BCUT2D eigenvalue weighted by atomic mass is 10.1. The summed E-state index contributed by atoms with van der Waals surface area (Å²) < 4.78 is 2.08. The van der Waals surface area contributed by atoms with Crippen LogP contribution in [0.5, 0.6) is 0 Å². The molecule has 6 heteroatoms. The summed E-state index contributed by atoms with van der Waals surface area (Å²) in [5.41, 5.74) is 3.63.